The predicted octanol–water partition coefficient (Wildman–Crippen LogP) is 18.3. The van der Waals surface area contributed by atoms with Crippen molar-refractivity contribution in [2.45, 2.75) is 245 Å². The van der Waals surface area contributed by atoms with E-state index in [-0.39, 0.29) is 37.5 Å². The third kappa shape index (κ3) is 52.9. The second-order valence-electron chi connectivity index (χ2n) is 17.7. The summed E-state index contributed by atoms with van der Waals surface area (Å²) in [4.78, 5) is 38.1. The largest absolute Gasteiger partial charge is 0.462 e. The van der Waals surface area contributed by atoms with Crippen LogP contribution in [0, 0.1) is 0 Å². The number of carbonyl (C=O) groups excluding carboxylic acids is 3. The highest BCUT2D eigenvalue weighted by atomic mass is 16.6. The zero-order valence-corrected chi connectivity index (χ0v) is 43.4. The molecule has 0 bridgehead atoms. The quantitative estimate of drug-likeness (QED) is 0.0262. The zero-order valence-electron chi connectivity index (χ0n) is 43.4. The Labute approximate surface area is 412 Å². The maximum absolute atomic E-state index is 12.8. The fraction of sp³-hybridized carbons (Fsp3) is 0.656. The average Bonchev–Trinajstić information content (AvgIpc) is 3.33. The van der Waals surface area contributed by atoms with E-state index in [9.17, 15) is 14.4 Å². The van der Waals surface area contributed by atoms with Crippen molar-refractivity contribution >= 4 is 17.9 Å². The van der Waals surface area contributed by atoms with Crippen LogP contribution >= 0.6 is 0 Å². The summed E-state index contributed by atoms with van der Waals surface area (Å²) in [5, 5.41) is 0. The molecule has 0 saturated heterocycles. The Morgan fingerprint density at radius 2 is 0.597 bits per heavy atom. The molecule has 67 heavy (non-hydrogen) atoms. The molecule has 0 unspecified atom stereocenters. The van der Waals surface area contributed by atoms with E-state index in [1.807, 2.05) is 0 Å². The van der Waals surface area contributed by atoms with Gasteiger partial charge in [-0.25, -0.2) is 0 Å². The van der Waals surface area contributed by atoms with Gasteiger partial charge >= 0.3 is 17.9 Å². The molecule has 0 rings (SSSR count). The molecule has 0 radical (unpaired) electrons. The normalized spacial score (nSPS) is 12.9. The monoisotopic (exact) mass is 929 g/mol. The van der Waals surface area contributed by atoms with Crippen molar-refractivity contribution in [1.82, 2.24) is 0 Å². The van der Waals surface area contributed by atoms with Crippen LogP contribution in [0.25, 0.3) is 0 Å². The fourth-order valence-electron chi connectivity index (χ4n) is 7.23. The number of rotatable bonds is 48. The summed E-state index contributed by atoms with van der Waals surface area (Å²) >= 11 is 0. The maximum atomic E-state index is 12.8. The average molecular weight is 929 g/mol. The van der Waals surface area contributed by atoms with Gasteiger partial charge in [0, 0.05) is 19.3 Å². The Kier molecular flexibility index (Phi) is 51.5. The molecule has 6 nitrogen and oxygen atoms in total. The molecule has 0 aromatic carbocycles. The second kappa shape index (κ2) is 54.7. The molecule has 6 heteroatoms. The van der Waals surface area contributed by atoms with Gasteiger partial charge < -0.3 is 14.2 Å². The van der Waals surface area contributed by atoms with E-state index in [1.54, 1.807) is 0 Å². The number of ether oxygens (including phenoxy) is 3. The number of carbonyl (C=O) groups is 3. The van der Waals surface area contributed by atoms with Gasteiger partial charge in [0.15, 0.2) is 6.10 Å². The first-order valence-corrected chi connectivity index (χ1v) is 27.4. The fourth-order valence-corrected chi connectivity index (χ4v) is 7.23. The zero-order chi connectivity index (χ0) is 48.6. The Bertz CT molecular complexity index is 1390. The second-order valence-corrected chi connectivity index (χ2v) is 17.7. The van der Waals surface area contributed by atoms with Crippen LogP contribution in [0.15, 0.2) is 109 Å². The lowest BCUT2D eigenvalue weighted by atomic mass is 10.0. The van der Waals surface area contributed by atoms with Crippen LogP contribution in [0.5, 0.6) is 0 Å². The van der Waals surface area contributed by atoms with E-state index in [1.165, 1.54) is 89.9 Å². The smallest absolute Gasteiger partial charge is 0.306 e. The number of esters is 3. The summed E-state index contributed by atoms with van der Waals surface area (Å²) in [5.74, 6) is -1.01. The van der Waals surface area contributed by atoms with Crippen molar-refractivity contribution in [2.75, 3.05) is 13.2 Å². The molecular weight excluding hydrogens is 829 g/mol. The summed E-state index contributed by atoms with van der Waals surface area (Å²) in [7, 11) is 0. The van der Waals surface area contributed by atoms with Gasteiger partial charge in [-0.1, -0.05) is 233 Å². The molecule has 0 amide bonds. The molecule has 0 aliphatic heterocycles. The van der Waals surface area contributed by atoms with Crippen molar-refractivity contribution in [3.63, 3.8) is 0 Å². The molecule has 0 aromatic rings. The van der Waals surface area contributed by atoms with Gasteiger partial charge in [0.1, 0.15) is 13.2 Å². The predicted molar refractivity (Wildman–Crippen MR) is 288 cm³/mol. The Morgan fingerprint density at radius 3 is 0.970 bits per heavy atom. The van der Waals surface area contributed by atoms with Gasteiger partial charge in [0.2, 0.25) is 0 Å². The highest BCUT2D eigenvalue weighted by molar-refractivity contribution is 5.71. The SMILES string of the molecule is CC/C=C\C/C=C\C/C=C\C/C=C\C/C=C\CCCC(=O)OC[C@H](COC(=O)CCCC/C=C\C/C=C\C/C=C\C/C=C\CC)OC(=O)CCCCCCCCCCCCCCCCCCC. The Morgan fingerprint density at radius 1 is 0.313 bits per heavy atom. The third-order valence-corrected chi connectivity index (χ3v) is 11.3. The molecule has 0 aliphatic rings. The van der Waals surface area contributed by atoms with Gasteiger partial charge in [-0.2, -0.15) is 0 Å². The molecule has 0 aliphatic carbocycles. The molecule has 1 atom stereocenters. The highest BCUT2D eigenvalue weighted by Crippen LogP contribution is 2.15. The molecule has 0 heterocycles. The number of allylic oxidation sites excluding steroid dienone is 18. The van der Waals surface area contributed by atoms with Crippen molar-refractivity contribution in [3.05, 3.63) is 109 Å². The van der Waals surface area contributed by atoms with E-state index < -0.39 is 6.10 Å². The topological polar surface area (TPSA) is 78.9 Å². The minimum Gasteiger partial charge on any atom is -0.462 e. The van der Waals surface area contributed by atoms with Crippen LogP contribution < -0.4 is 0 Å². The van der Waals surface area contributed by atoms with Gasteiger partial charge in [0.25, 0.3) is 0 Å². The lowest BCUT2D eigenvalue weighted by Gasteiger charge is -2.18. The summed E-state index contributed by atoms with van der Waals surface area (Å²) < 4.78 is 16.8. The van der Waals surface area contributed by atoms with Crippen LogP contribution in [0.3, 0.4) is 0 Å². The number of hydrogen-bond acceptors (Lipinski definition) is 6. The van der Waals surface area contributed by atoms with E-state index in [4.69, 9.17) is 14.2 Å². The van der Waals surface area contributed by atoms with Crippen LogP contribution in [0.2, 0.25) is 0 Å². The van der Waals surface area contributed by atoms with Gasteiger partial charge in [-0.3, -0.25) is 14.4 Å². The number of hydrogen-bond donors (Lipinski definition) is 0. The first-order valence-electron chi connectivity index (χ1n) is 27.4. The van der Waals surface area contributed by atoms with E-state index >= 15 is 0 Å². The van der Waals surface area contributed by atoms with E-state index in [0.29, 0.717) is 25.7 Å². The lowest BCUT2D eigenvalue weighted by molar-refractivity contribution is -0.167. The minimum absolute atomic E-state index is 0.117. The van der Waals surface area contributed by atoms with E-state index in [2.05, 4.69) is 130 Å². The molecule has 0 aromatic heterocycles. The summed E-state index contributed by atoms with van der Waals surface area (Å²) in [6.45, 7) is 6.33. The standard InChI is InChI=1S/C61H100O6/c1-4-7-10-13-16-19-22-25-28-30-33-36-39-42-45-48-51-54-60(63)66-57-58(56-65-59(62)53-50-47-44-41-38-35-32-27-24-21-18-15-12-9-6-3)67-61(64)55-52-49-46-43-40-37-34-31-29-26-23-20-17-14-11-8-5-2/h7,9-10,12,16,18-19,21,25,27-28,32-33,36,38,41-42,45,58H,4-6,8,11,13-15,17,20,22-24,26,29-31,34-35,37,39-40,43-44,46-57H2,1-3H3/b10-7-,12-9-,19-16-,21-18-,28-25-,32-27-,36-33-,41-38-,45-42-/t58-/m0/s1. The molecule has 0 fully saturated rings. The van der Waals surface area contributed by atoms with Crippen LogP contribution in [0.4, 0.5) is 0 Å². The van der Waals surface area contributed by atoms with Gasteiger partial charge in [-0.05, 0) is 96.3 Å². The van der Waals surface area contributed by atoms with Crippen molar-refractivity contribution in [3.8, 4) is 0 Å². The van der Waals surface area contributed by atoms with Gasteiger partial charge in [-0.15, -0.1) is 0 Å². The summed E-state index contributed by atoms with van der Waals surface area (Å²) in [5.41, 5.74) is 0. The van der Waals surface area contributed by atoms with Crippen LogP contribution in [0.1, 0.15) is 239 Å². The molecular formula is C61H100O6. The van der Waals surface area contributed by atoms with Crippen molar-refractivity contribution < 1.29 is 28.6 Å². The lowest BCUT2D eigenvalue weighted by Crippen LogP contribution is -2.30. The third-order valence-electron chi connectivity index (χ3n) is 11.3. The molecule has 0 saturated carbocycles. The number of unbranched alkanes of at least 4 members (excludes halogenated alkanes) is 19. The van der Waals surface area contributed by atoms with Gasteiger partial charge in [0.05, 0.1) is 0 Å². The Balaban J connectivity index is 4.53. The van der Waals surface area contributed by atoms with Crippen molar-refractivity contribution in [1.29, 1.82) is 0 Å². The van der Waals surface area contributed by atoms with Crippen molar-refractivity contribution in [2.24, 2.45) is 0 Å². The first-order chi connectivity index (χ1) is 33.0. The summed E-state index contributed by atoms with van der Waals surface area (Å²) in [6, 6.07) is 0. The highest BCUT2D eigenvalue weighted by Gasteiger charge is 2.19. The molecule has 0 N–H and O–H groups in total. The Hall–Kier alpha value is -3.93. The molecule has 0 spiro atoms. The molecule has 380 valence electrons. The van der Waals surface area contributed by atoms with Crippen LogP contribution in [-0.2, 0) is 28.6 Å². The van der Waals surface area contributed by atoms with E-state index in [0.717, 1.165) is 96.3 Å². The van der Waals surface area contributed by atoms with Crippen LogP contribution in [-0.4, -0.2) is 37.2 Å². The summed E-state index contributed by atoms with van der Waals surface area (Å²) in [6.07, 6.45) is 73.7. The minimum atomic E-state index is -0.818. The first kappa shape index (κ1) is 63.1. The maximum Gasteiger partial charge on any atom is 0.306 e.